The van der Waals surface area contributed by atoms with Crippen LogP contribution in [0.5, 0.6) is 0 Å². The van der Waals surface area contributed by atoms with E-state index >= 15 is 0 Å². The average molecular weight is 237 g/mol. The average Bonchev–Trinajstić information content (AvgIpc) is 1.88. The molecule has 1 atom stereocenters. The first kappa shape index (κ1) is 13.1. The Hall–Kier alpha value is 0.529. The number of carbonyl (C=O) groups excluding carboxylic acids is 1. The second kappa shape index (κ2) is 9.53. The molecule has 0 aliphatic carbocycles. The monoisotopic (exact) mass is 235 g/mol. The summed E-state index contributed by atoms with van der Waals surface area (Å²) < 4.78 is 4.19. The maximum absolute atomic E-state index is 10.1. The van der Waals surface area contributed by atoms with Crippen molar-refractivity contribution in [3.8, 4) is 0 Å². The van der Waals surface area contributed by atoms with Crippen molar-refractivity contribution in [2.45, 2.75) is 13.0 Å². The number of methoxy groups -OCH3 is 1. The Balaban J connectivity index is 0. The molecule has 0 saturated heterocycles. The van der Waals surface area contributed by atoms with Crippen LogP contribution >= 0.6 is 20.2 Å². The van der Waals surface area contributed by atoms with Crippen LogP contribution in [-0.4, -0.2) is 19.1 Å². The van der Waals surface area contributed by atoms with Crippen LogP contribution in [-0.2, 0) is 22.7 Å². The summed E-state index contributed by atoms with van der Waals surface area (Å²) in [6.45, 7) is 1.46. The van der Waals surface area contributed by atoms with Gasteiger partial charge >= 0.3 is 33.3 Å². The fraction of sp³-hybridized carbons (Fsp3) is 0.750. The molecule has 0 saturated carbocycles. The summed E-state index contributed by atoms with van der Waals surface area (Å²) in [4.78, 5) is 10.1. The van der Waals surface area contributed by atoms with E-state index in [-0.39, 0.29) is 0 Å². The van der Waals surface area contributed by atoms with Crippen molar-refractivity contribution >= 4 is 26.2 Å². The Morgan fingerprint density at radius 3 is 2.00 bits per heavy atom. The van der Waals surface area contributed by atoms with Gasteiger partial charge in [0.15, 0.2) is 0 Å². The van der Waals surface area contributed by atoms with Crippen LogP contribution in [0, 0.1) is 0 Å². The number of ether oxygens (including phenoxy) is 1. The van der Waals surface area contributed by atoms with E-state index in [0.717, 1.165) is 13.1 Å². The van der Waals surface area contributed by atoms with Crippen molar-refractivity contribution < 1.29 is 22.7 Å². The number of halogens is 2. The summed E-state index contributed by atoms with van der Waals surface area (Å²) in [6, 6.07) is -0.745. The molecule has 6 heteroatoms. The number of nitrogens with one attached hydrogen (secondary N) is 1. The molecular weight excluding hydrogens is 229 g/mol. The molecule has 0 amide bonds. The van der Waals surface area contributed by atoms with Gasteiger partial charge in [-0.1, -0.05) is 6.92 Å². The van der Waals surface area contributed by atoms with Gasteiger partial charge in [-0.25, -0.2) is 0 Å². The van der Waals surface area contributed by atoms with Crippen LogP contribution in [0.25, 0.3) is 5.73 Å². The third kappa shape index (κ3) is 11.3. The number of esters is 1. The molecule has 0 aromatic rings. The number of hydrogen-bond donors (Lipinski definition) is 0. The van der Waals surface area contributed by atoms with Gasteiger partial charge in [0, 0.05) is 0 Å². The van der Waals surface area contributed by atoms with Crippen molar-refractivity contribution in [2.24, 2.45) is 0 Å². The van der Waals surface area contributed by atoms with Gasteiger partial charge in [0.1, 0.15) is 0 Å². The number of carbonyl (C=O) groups is 1. The first-order valence-electron chi connectivity index (χ1n) is 2.20. The molecular formula is C4H8Cl2CuNO2-. The SMILES string of the molecule is COC(=O)C(C)[NH-].[Cl][Cu][Cl]. The fourth-order valence-electron chi connectivity index (χ4n) is 0.177. The van der Waals surface area contributed by atoms with Gasteiger partial charge in [-0.05, 0) is 6.04 Å². The minimum absolute atomic E-state index is 0.486. The zero-order chi connectivity index (χ0) is 8.57. The molecule has 0 heterocycles. The molecule has 0 radical (unpaired) electrons. The molecule has 10 heavy (non-hydrogen) atoms. The minimum atomic E-state index is -0.745. The molecule has 0 bridgehead atoms. The van der Waals surface area contributed by atoms with Crippen LogP contribution in [0.3, 0.4) is 0 Å². The standard InChI is InChI=1S/C4H8NO2.2ClH.Cu/c1-3(5)4(6)7-2;;;/h3,5H,1-2H3;2*1H;/q-1;;;+2/p-2. The maximum atomic E-state index is 10.1. The summed E-state index contributed by atoms with van der Waals surface area (Å²) in [5.41, 5.74) is 6.71. The summed E-state index contributed by atoms with van der Waals surface area (Å²) in [5.74, 6) is -0.486. The molecule has 0 aromatic carbocycles. The molecule has 0 rings (SSSR count). The first-order chi connectivity index (χ1) is 4.59. The van der Waals surface area contributed by atoms with Crippen LogP contribution in [0.4, 0.5) is 0 Å². The Kier molecular flexibility index (Phi) is 12.5. The molecule has 0 fully saturated rings. The van der Waals surface area contributed by atoms with Gasteiger partial charge in [-0.2, -0.15) is 0 Å². The van der Waals surface area contributed by atoms with Crippen LogP contribution in [0.2, 0.25) is 0 Å². The zero-order valence-corrected chi connectivity index (χ0v) is 7.90. The molecule has 3 nitrogen and oxygen atoms in total. The third-order valence-corrected chi connectivity index (χ3v) is 0.555. The summed E-state index contributed by atoms with van der Waals surface area (Å²) in [7, 11) is 10.6. The molecule has 0 aliphatic heterocycles. The Morgan fingerprint density at radius 2 is 2.00 bits per heavy atom. The van der Waals surface area contributed by atoms with Gasteiger partial charge in [0.05, 0.1) is 7.11 Å². The second-order valence-electron chi connectivity index (χ2n) is 1.29. The first-order valence-corrected chi connectivity index (χ1v) is 4.79. The van der Waals surface area contributed by atoms with E-state index in [1.807, 2.05) is 0 Å². The Morgan fingerprint density at radius 1 is 1.70 bits per heavy atom. The Labute approximate surface area is 74.8 Å². The van der Waals surface area contributed by atoms with Gasteiger partial charge < -0.3 is 10.5 Å². The van der Waals surface area contributed by atoms with E-state index in [4.69, 9.17) is 5.73 Å². The van der Waals surface area contributed by atoms with E-state index in [9.17, 15) is 4.79 Å². The van der Waals surface area contributed by atoms with Crippen molar-refractivity contribution in [2.75, 3.05) is 7.11 Å². The molecule has 1 unspecified atom stereocenters. The normalized spacial score (nSPS) is 11.3. The van der Waals surface area contributed by atoms with Crippen molar-refractivity contribution in [1.82, 2.24) is 0 Å². The van der Waals surface area contributed by atoms with Crippen LogP contribution < -0.4 is 0 Å². The van der Waals surface area contributed by atoms with E-state index in [1.165, 1.54) is 14.0 Å². The summed E-state index contributed by atoms with van der Waals surface area (Å²) in [5, 5.41) is 0. The third-order valence-electron chi connectivity index (χ3n) is 0.555. The van der Waals surface area contributed by atoms with E-state index < -0.39 is 12.0 Å². The predicted molar refractivity (Wildman–Crippen MR) is 37.5 cm³/mol. The van der Waals surface area contributed by atoms with Gasteiger partial charge in [-0.3, -0.25) is 4.79 Å². The Bertz CT molecular complexity index is 91.3. The van der Waals surface area contributed by atoms with Gasteiger partial charge in [0.25, 0.3) is 5.97 Å². The molecule has 0 aliphatic rings. The van der Waals surface area contributed by atoms with E-state index in [1.54, 1.807) is 0 Å². The van der Waals surface area contributed by atoms with E-state index in [0.29, 0.717) is 0 Å². The summed E-state index contributed by atoms with van der Waals surface area (Å²) in [6.07, 6.45) is 0. The molecule has 0 spiro atoms. The molecule has 67 valence electrons. The quantitative estimate of drug-likeness (QED) is 0.516. The molecule has 0 aromatic heterocycles. The summed E-state index contributed by atoms with van der Waals surface area (Å²) >= 11 is 0.757. The van der Waals surface area contributed by atoms with Crippen molar-refractivity contribution in [1.29, 1.82) is 0 Å². The van der Waals surface area contributed by atoms with Crippen molar-refractivity contribution in [3.63, 3.8) is 0 Å². The van der Waals surface area contributed by atoms with Gasteiger partial charge in [-0.15, -0.1) is 0 Å². The van der Waals surface area contributed by atoms with E-state index in [2.05, 4.69) is 24.9 Å². The topological polar surface area (TPSA) is 50.1 Å². The molecule has 1 N–H and O–H groups in total. The van der Waals surface area contributed by atoms with Crippen molar-refractivity contribution in [3.05, 3.63) is 5.73 Å². The predicted octanol–water partition coefficient (Wildman–Crippen LogP) is 1.98. The second-order valence-corrected chi connectivity index (χ2v) is 2.84. The number of hydrogen-bond acceptors (Lipinski definition) is 2. The van der Waals surface area contributed by atoms with Crippen LogP contribution in [0.15, 0.2) is 0 Å². The number of rotatable bonds is 1. The fourth-order valence-corrected chi connectivity index (χ4v) is 0.177. The van der Waals surface area contributed by atoms with Gasteiger partial charge in [0.2, 0.25) is 0 Å². The van der Waals surface area contributed by atoms with Crippen LogP contribution in [0.1, 0.15) is 6.92 Å². The zero-order valence-electron chi connectivity index (χ0n) is 5.45.